The van der Waals surface area contributed by atoms with Crippen LogP contribution in [-0.4, -0.2) is 38.2 Å². The molecule has 0 unspecified atom stereocenters. The average molecular weight is 446 g/mol. The van der Waals surface area contributed by atoms with Crippen LogP contribution in [0, 0.1) is 0 Å². The summed E-state index contributed by atoms with van der Waals surface area (Å²) in [4.78, 5) is 40.9. The van der Waals surface area contributed by atoms with E-state index in [1.807, 2.05) is 12.1 Å². The summed E-state index contributed by atoms with van der Waals surface area (Å²) in [5.74, 6) is -1.35. The van der Waals surface area contributed by atoms with Crippen molar-refractivity contribution in [3.8, 4) is 5.75 Å². The predicted molar refractivity (Wildman–Crippen MR) is 115 cm³/mol. The van der Waals surface area contributed by atoms with Crippen LogP contribution in [0.15, 0.2) is 42.5 Å². The summed E-state index contributed by atoms with van der Waals surface area (Å²) in [6.45, 7) is 3.63. The molecule has 7 nitrogen and oxygen atoms in total. The van der Waals surface area contributed by atoms with Gasteiger partial charge in [0.05, 0.1) is 33.3 Å². The Hall–Kier alpha value is -3.06. The third-order valence-electron chi connectivity index (χ3n) is 5.17. The van der Waals surface area contributed by atoms with Gasteiger partial charge >= 0.3 is 11.9 Å². The van der Waals surface area contributed by atoms with Crippen molar-refractivity contribution in [3.05, 3.63) is 58.6 Å². The van der Waals surface area contributed by atoms with Gasteiger partial charge in [-0.05, 0) is 49.7 Å². The number of benzene rings is 2. The van der Waals surface area contributed by atoms with E-state index in [1.165, 1.54) is 11.0 Å². The van der Waals surface area contributed by atoms with Gasteiger partial charge in [0, 0.05) is 16.3 Å². The lowest BCUT2D eigenvalue weighted by Crippen LogP contribution is -2.54. The Morgan fingerprint density at radius 2 is 1.65 bits per heavy atom. The molecule has 0 aliphatic carbocycles. The van der Waals surface area contributed by atoms with E-state index in [-0.39, 0.29) is 19.8 Å². The van der Waals surface area contributed by atoms with E-state index in [2.05, 4.69) is 0 Å². The zero-order chi connectivity index (χ0) is 22.6. The second kappa shape index (κ2) is 9.39. The first kappa shape index (κ1) is 22.6. The van der Waals surface area contributed by atoms with Gasteiger partial charge in [-0.2, -0.15) is 0 Å². The van der Waals surface area contributed by atoms with Gasteiger partial charge in [-0.1, -0.05) is 23.7 Å². The lowest BCUT2D eigenvalue weighted by Gasteiger charge is -2.39. The van der Waals surface area contributed by atoms with E-state index in [0.29, 0.717) is 22.0 Å². The fourth-order valence-electron chi connectivity index (χ4n) is 3.68. The van der Waals surface area contributed by atoms with Crippen LogP contribution in [0.25, 0.3) is 0 Å². The van der Waals surface area contributed by atoms with Gasteiger partial charge in [0.15, 0.2) is 0 Å². The highest BCUT2D eigenvalue weighted by atomic mass is 35.5. The van der Waals surface area contributed by atoms with E-state index < -0.39 is 29.7 Å². The van der Waals surface area contributed by atoms with E-state index in [4.69, 9.17) is 25.8 Å². The highest BCUT2D eigenvalue weighted by molar-refractivity contribution is 6.31. The van der Waals surface area contributed by atoms with Crippen LogP contribution in [0.5, 0.6) is 5.75 Å². The van der Waals surface area contributed by atoms with Crippen molar-refractivity contribution in [2.45, 2.75) is 32.2 Å². The van der Waals surface area contributed by atoms with Gasteiger partial charge in [0.2, 0.25) is 11.3 Å². The topological polar surface area (TPSA) is 82.1 Å². The molecule has 2 aromatic carbocycles. The Balaban J connectivity index is 2.12. The Bertz CT molecular complexity index is 970. The predicted octanol–water partition coefficient (Wildman–Crippen LogP) is 3.65. The minimum Gasteiger partial charge on any atom is -0.497 e. The first-order valence-corrected chi connectivity index (χ1v) is 10.3. The molecular weight excluding hydrogens is 422 g/mol. The maximum absolute atomic E-state index is 13.3. The number of nitrogens with zero attached hydrogens (tertiary/aromatic N) is 1. The lowest BCUT2D eigenvalue weighted by molar-refractivity contribution is -0.167. The molecule has 2 aromatic rings. The Morgan fingerprint density at radius 3 is 2.19 bits per heavy atom. The lowest BCUT2D eigenvalue weighted by atomic mass is 9.73. The molecule has 3 rings (SSSR count). The van der Waals surface area contributed by atoms with Crippen molar-refractivity contribution in [1.29, 1.82) is 0 Å². The average Bonchev–Trinajstić information content (AvgIpc) is 2.76. The molecule has 0 atom stereocenters. The van der Waals surface area contributed by atoms with E-state index in [0.717, 1.165) is 5.56 Å². The highest BCUT2D eigenvalue weighted by Gasteiger charge is 2.57. The molecule has 0 saturated carbocycles. The molecule has 0 aromatic heterocycles. The number of rotatable bonds is 7. The number of esters is 2. The number of fused-ring (bicyclic) bond motifs is 1. The molecule has 164 valence electrons. The third-order valence-corrected chi connectivity index (χ3v) is 5.41. The van der Waals surface area contributed by atoms with Crippen molar-refractivity contribution in [1.82, 2.24) is 0 Å². The number of hydrogen-bond acceptors (Lipinski definition) is 6. The van der Waals surface area contributed by atoms with Crippen LogP contribution >= 0.6 is 11.6 Å². The zero-order valence-corrected chi connectivity index (χ0v) is 18.4. The summed E-state index contributed by atoms with van der Waals surface area (Å²) in [5, 5.41) is 0.329. The zero-order valence-electron chi connectivity index (χ0n) is 17.6. The molecule has 0 N–H and O–H groups in total. The number of amides is 1. The number of carbonyl (C=O) groups excluding carboxylic acids is 3. The van der Waals surface area contributed by atoms with Crippen molar-refractivity contribution >= 4 is 35.1 Å². The second-order valence-electron chi connectivity index (χ2n) is 7.01. The molecule has 1 aliphatic heterocycles. The monoisotopic (exact) mass is 445 g/mol. The number of ether oxygens (including phenoxy) is 3. The van der Waals surface area contributed by atoms with Crippen molar-refractivity contribution in [2.75, 3.05) is 25.2 Å². The largest absolute Gasteiger partial charge is 0.497 e. The van der Waals surface area contributed by atoms with E-state index >= 15 is 0 Å². The standard InChI is InChI=1S/C23H24ClNO6/c1-4-30-21(27)23(22(28)31-5-2)13-20(26)25(19-11-8-16(24)12-18(19)23)14-15-6-9-17(29-3)10-7-15/h6-12H,4-5,13-14H2,1-3H3. The van der Waals surface area contributed by atoms with Crippen LogP contribution in [0.2, 0.25) is 5.02 Å². The summed E-state index contributed by atoms with van der Waals surface area (Å²) in [6.07, 6.45) is -0.409. The smallest absolute Gasteiger partial charge is 0.328 e. The number of hydrogen-bond donors (Lipinski definition) is 0. The van der Waals surface area contributed by atoms with Gasteiger partial charge in [0.1, 0.15) is 5.75 Å². The highest BCUT2D eigenvalue weighted by Crippen LogP contribution is 2.44. The summed E-state index contributed by atoms with van der Waals surface area (Å²) in [6, 6.07) is 12.1. The Kier molecular flexibility index (Phi) is 6.85. The molecule has 31 heavy (non-hydrogen) atoms. The number of carbonyl (C=O) groups is 3. The molecule has 8 heteroatoms. The summed E-state index contributed by atoms with van der Waals surface area (Å²) >= 11 is 6.22. The summed E-state index contributed by atoms with van der Waals surface area (Å²) < 4.78 is 15.6. The van der Waals surface area contributed by atoms with Crippen molar-refractivity contribution in [2.24, 2.45) is 0 Å². The van der Waals surface area contributed by atoms with E-state index in [9.17, 15) is 14.4 Å². The molecule has 1 heterocycles. The summed E-state index contributed by atoms with van der Waals surface area (Å²) in [5.41, 5.74) is -0.336. The van der Waals surface area contributed by atoms with E-state index in [1.54, 1.807) is 45.2 Å². The van der Waals surface area contributed by atoms with Crippen LogP contribution < -0.4 is 9.64 Å². The third kappa shape index (κ3) is 4.23. The minimum atomic E-state index is -1.90. The number of anilines is 1. The van der Waals surface area contributed by atoms with Crippen molar-refractivity contribution < 1.29 is 28.6 Å². The molecule has 0 bridgehead atoms. The first-order valence-electron chi connectivity index (χ1n) is 9.95. The molecule has 0 fully saturated rings. The number of halogens is 1. The first-order chi connectivity index (χ1) is 14.9. The summed E-state index contributed by atoms with van der Waals surface area (Å²) in [7, 11) is 1.58. The molecular formula is C23H24ClNO6. The fraction of sp³-hybridized carbons (Fsp3) is 0.348. The van der Waals surface area contributed by atoms with Crippen molar-refractivity contribution in [3.63, 3.8) is 0 Å². The Morgan fingerprint density at radius 1 is 1.03 bits per heavy atom. The maximum Gasteiger partial charge on any atom is 0.328 e. The van der Waals surface area contributed by atoms with Gasteiger partial charge in [0.25, 0.3) is 0 Å². The van der Waals surface area contributed by atoms with Gasteiger partial charge < -0.3 is 19.1 Å². The van der Waals surface area contributed by atoms with Gasteiger partial charge in [-0.15, -0.1) is 0 Å². The fourth-order valence-corrected chi connectivity index (χ4v) is 3.85. The molecule has 1 amide bonds. The van der Waals surface area contributed by atoms with Crippen LogP contribution in [-0.2, 0) is 35.8 Å². The minimum absolute atomic E-state index is 0.0552. The molecule has 0 radical (unpaired) electrons. The normalized spacial score (nSPS) is 14.6. The number of methoxy groups -OCH3 is 1. The Labute approximate surface area is 185 Å². The SMILES string of the molecule is CCOC(=O)C1(C(=O)OCC)CC(=O)N(Cc2ccc(OC)cc2)c2ccc(Cl)cc21. The van der Waals surface area contributed by atoms with Crippen LogP contribution in [0.4, 0.5) is 5.69 Å². The molecule has 0 saturated heterocycles. The van der Waals surface area contributed by atoms with Gasteiger partial charge in [-0.25, -0.2) is 0 Å². The van der Waals surface area contributed by atoms with Crippen LogP contribution in [0.3, 0.4) is 0 Å². The molecule has 1 aliphatic rings. The van der Waals surface area contributed by atoms with Crippen LogP contribution in [0.1, 0.15) is 31.4 Å². The maximum atomic E-state index is 13.3. The second-order valence-corrected chi connectivity index (χ2v) is 7.45. The molecule has 0 spiro atoms. The van der Waals surface area contributed by atoms with Gasteiger partial charge in [-0.3, -0.25) is 14.4 Å². The quantitative estimate of drug-likeness (QED) is 0.478.